The fraction of sp³-hybridized carbons (Fsp3) is 0.222. The molecule has 0 spiro atoms. The van der Waals surface area contributed by atoms with Crippen molar-refractivity contribution in [2.45, 2.75) is 12.2 Å². The van der Waals surface area contributed by atoms with Crippen LogP contribution in [-0.2, 0) is 0 Å². The van der Waals surface area contributed by atoms with Crippen molar-refractivity contribution in [2.75, 3.05) is 12.3 Å². The second-order valence-electron chi connectivity index (χ2n) is 5.46. The molecule has 2 heterocycles. The minimum absolute atomic E-state index is 0.114. The van der Waals surface area contributed by atoms with Crippen molar-refractivity contribution < 1.29 is 4.79 Å². The number of para-hydroxylation sites is 2. The Kier molecular flexibility index (Phi) is 3.91. The third kappa shape index (κ3) is 2.58. The molecule has 23 heavy (non-hydrogen) atoms. The van der Waals surface area contributed by atoms with Gasteiger partial charge in [0, 0.05) is 16.5 Å². The van der Waals surface area contributed by atoms with Crippen LogP contribution in [0.1, 0.15) is 11.7 Å². The van der Waals surface area contributed by atoms with Gasteiger partial charge in [0.25, 0.3) is 0 Å². The Hall–Kier alpha value is -1.72. The maximum atomic E-state index is 13.1. The quantitative estimate of drug-likeness (QED) is 0.680. The van der Waals surface area contributed by atoms with Crippen LogP contribution in [0.3, 0.4) is 0 Å². The van der Waals surface area contributed by atoms with Gasteiger partial charge in [-0.25, -0.2) is 0 Å². The molecule has 0 fully saturated rings. The second-order valence-corrected chi connectivity index (χ2v) is 8.14. The van der Waals surface area contributed by atoms with Crippen molar-refractivity contribution >= 4 is 55.6 Å². The molecule has 0 radical (unpaired) electrons. The minimum atomic E-state index is -0.154. The summed E-state index contributed by atoms with van der Waals surface area (Å²) < 4.78 is 2.90. The van der Waals surface area contributed by atoms with E-state index in [1.54, 1.807) is 23.5 Å². The number of rotatable bonds is 2. The number of aliphatic imine (C=N–C) groups is 1. The second kappa shape index (κ2) is 6.06. The molecule has 0 bridgehead atoms. The lowest BCUT2D eigenvalue weighted by molar-refractivity contribution is 0.0925. The van der Waals surface area contributed by atoms with E-state index < -0.39 is 0 Å². The highest BCUT2D eigenvalue weighted by molar-refractivity contribution is 8.39. The summed E-state index contributed by atoms with van der Waals surface area (Å²) >= 11 is 3.32. The zero-order valence-corrected chi connectivity index (χ0v) is 14.4. The minimum Gasteiger partial charge on any atom is -0.279 e. The molecule has 5 heteroatoms. The molecule has 0 saturated heterocycles. The first-order valence-corrected chi connectivity index (χ1v) is 9.48. The van der Waals surface area contributed by atoms with E-state index in [1.165, 1.54) is 0 Å². The number of nitrogens with zero attached hydrogens (tertiary/aromatic N) is 2. The van der Waals surface area contributed by atoms with E-state index in [4.69, 9.17) is 0 Å². The Morgan fingerprint density at radius 2 is 1.74 bits per heavy atom. The Morgan fingerprint density at radius 3 is 2.30 bits per heavy atom. The van der Waals surface area contributed by atoms with Gasteiger partial charge in [-0.15, -0.1) is 0 Å². The van der Waals surface area contributed by atoms with Crippen molar-refractivity contribution in [3.05, 3.63) is 48.5 Å². The first-order chi connectivity index (χ1) is 11.3. The van der Waals surface area contributed by atoms with Gasteiger partial charge in [-0.1, -0.05) is 59.9 Å². The van der Waals surface area contributed by atoms with Crippen molar-refractivity contribution in [2.24, 2.45) is 4.99 Å². The van der Waals surface area contributed by atoms with E-state index in [-0.39, 0.29) is 11.2 Å². The number of aromatic nitrogens is 1. The molecule has 2 aromatic carbocycles. The highest BCUT2D eigenvalue weighted by Crippen LogP contribution is 2.32. The van der Waals surface area contributed by atoms with Crippen LogP contribution in [0.5, 0.6) is 0 Å². The lowest BCUT2D eigenvalue weighted by Crippen LogP contribution is -2.22. The predicted octanol–water partition coefficient (Wildman–Crippen LogP) is 4.66. The lowest BCUT2D eigenvalue weighted by atomic mass is 10.2. The van der Waals surface area contributed by atoms with Gasteiger partial charge in [0.2, 0.25) is 5.91 Å². The molecular formula is C18H16N2OS2. The smallest absolute Gasteiger partial charge is 0.244 e. The van der Waals surface area contributed by atoms with E-state index in [0.717, 1.165) is 38.5 Å². The van der Waals surface area contributed by atoms with Gasteiger partial charge < -0.3 is 0 Å². The maximum Gasteiger partial charge on any atom is 0.244 e. The molecule has 0 amide bonds. The van der Waals surface area contributed by atoms with Gasteiger partial charge in [0.1, 0.15) is 4.38 Å². The van der Waals surface area contributed by atoms with Gasteiger partial charge in [0.15, 0.2) is 0 Å². The summed E-state index contributed by atoms with van der Waals surface area (Å²) in [5, 5.41) is 2.10. The topological polar surface area (TPSA) is 34.4 Å². The molecule has 1 unspecified atom stereocenters. The fourth-order valence-corrected chi connectivity index (χ4v) is 5.10. The Balaban J connectivity index is 1.81. The molecular weight excluding hydrogens is 324 g/mol. The van der Waals surface area contributed by atoms with Crippen molar-refractivity contribution in [1.29, 1.82) is 0 Å². The van der Waals surface area contributed by atoms with Crippen LogP contribution >= 0.6 is 23.5 Å². The summed E-state index contributed by atoms with van der Waals surface area (Å²) in [7, 11) is 0. The first kappa shape index (κ1) is 14.8. The normalized spacial score (nSPS) is 16.0. The molecule has 3 aromatic rings. The number of carbonyl (C=O) groups excluding carboxylic acids is 1. The number of hydrogen-bond donors (Lipinski definition) is 0. The van der Waals surface area contributed by atoms with Crippen molar-refractivity contribution in [1.82, 2.24) is 4.57 Å². The van der Waals surface area contributed by atoms with Crippen LogP contribution in [0.25, 0.3) is 21.8 Å². The molecule has 3 nitrogen and oxygen atoms in total. The number of hydrogen-bond acceptors (Lipinski definition) is 4. The molecule has 4 rings (SSSR count). The molecule has 0 N–H and O–H groups in total. The van der Waals surface area contributed by atoms with Crippen LogP contribution in [-0.4, -0.2) is 32.4 Å². The van der Waals surface area contributed by atoms with Gasteiger partial charge in [-0.05, 0) is 19.1 Å². The highest BCUT2D eigenvalue weighted by Gasteiger charge is 2.23. The molecule has 1 aliphatic rings. The van der Waals surface area contributed by atoms with Crippen molar-refractivity contribution in [3.8, 4) is 0 Å². The molecule has 1 atom stereocenters. The number of thioether (sulfide) groups is 2. The van der Waals surface area contributed by atoms with Crippen LogP contribution in [0.15, 0.2) is 53.5 Å². The monoisotopic (exact) mass is 340 g/mol. The van der Waals surface area contributed by atoms with E-state index in [9.17, 15) is 4.79 Å². The molecule has 1 aromatic heterocycles. The van der Waals surface area contributed by atoms with Crippen LogP contribution < -0.4 is 0 Å². The number of benzene rings is 2. The third-order valence-corrected chi connectivity index (χ3v) is 6.27. The highest BCUT2D eigenvalue weighted by atomic mass is 32.2. The lowest BCUT2D eigenvalue weighted by Gasteiger charge is -2.12. The first-order valence-electron chi connectivity index (χ1n) is 7.62. The van der Waals surface area contributed by atoms with Crippen molar-refractivity contribution in [3.63, 3.8) is 0 Å². The van der Waals surface area contributed by atoms with Gasteiger partial charge >= 0.3 is 0 Å². The van der Waals surface area contributed by atoms with Gasteiger partial charge in [-0.2, -0.15) is 0 Å². The summed E-state index contributed by atoms with van der Waals surface area (Å²) in [6.07, 6.45) is 0. The molecule has 1 aliphatic heterocycles. The molecule has 0 saturated carbocycles. The summed E-state index contributed by atoms with van der Waals surface area (Å²) in [4.78, 5) is 17.5. The van der Waals surface area contributed by atoms with E-state index in [0.29, 0.717) is 0 Å². The van der Waals surface area contributed by atoms with Crippen LogP contribution in [0, 0.1) is 0 Å². The van der Waals surface area contributed by atoms with Gasteiger partial charge in [0.05, 0.1) is 22.8 Å². The van der Waals surface area contributed by atoms with E-state index >= 15 is 0 Å². The summed E-state index contributed by atoms with van der Waals surface area (Å²) in [5.41, 5.74) is 1.96. The zero-order valence-electron chi connectivity index (χ0n) is 12.7. The largest absolute Gasteiger partial charge is 0.279 e. The Labute approximate surface area is 143 Å². The summed E-state index contributed by atoms with van der Waals surface area (Å²) in [6.45, 7) is 2.83. The maximum absolute atomic E-state index is 13.1. The molecule has 0 aliphatic carbocycles. The van der Waals surface area contributed by atoms with Gasteiger partial charge in [-0.3, -0.25) is 14.4 Å². The van der Waals surface area contributed by atoms with E-state index in [2.05, 4.69) is 17.1 Å². The average Bonchev–Trinajstić information content (AvgIpc) is 3.20. The fourth-order valence-electron chi connectivity index (χ4n) is 2.93. The molecule has 116 valence electrons. The van der Waals surface area contributed by atoms with Crippen LogP contribution in [0.2, 0.25) is 0 Å². The predicted molar refractivity (Wildman–Crippen MR) is 102 cm³/mol. The zero-order chi connectivity index (χ0) is 15.8. The average molecular weight is 340 g/mol. The Bertz CT molecular complexity index is 876. The number of fused-ring (bicyclic) bond motifs is 3. The number of carbonyl (C=O) groups is 1. The SMILES string of the molecule is CC(SC1=NCCS1)C(=O)n1c2ccccc2c2ccccc21. The summed E-state index contributed by atoms with van der Waals surface area (Å²) in [5.74, 6) is 1.14. The Morgan fingerprint density at radius 1 is 1.13 bits per heavy atom. The third-order valence-electron chi connectivity index (χ3n) is 3.98. The van der Waals surface area contributed by atoms with E-state index in [1.807, 2.05) is 47.9 Å². The summed E-state index contributed by atoms with van der Waals surface area (Å²) in [6, 6.07) is 16.2. The van der Waals surface area contributed by atoms with Crippen LogP contribution in [0.4, 0.5) is 0 Å². The standard InChI is InChI=1S/C18H16N2OS2/c1-12(23-18-19-10-11-22-18)17(21)20-15-8-4-2-6-13(15)14-7-3-5-9-16(14)20/h2-9,12H,10-11H2,1H3.